The number of hydrogen-bond acceptors (Lipinski definition) is 5. The summed E-state index contributed by atoms with van der Waals surface area (Å²) >= 11 is 0. The molecule has 0 aliphatic carbocycles. The van der Waals surface area contributed by atoms with Crippen molar-refractivity contribution in [1.29, 1.82) is 5.26 Å². The van der Waals surface area contributed by atoms with Crippen LogP contribution in [0.3, 0.4) is 0 Å². The molecule has 0 aliphatic rings. The number of rotatable bonds is 6. The normalized spacial score (nSPS) is 10.1. The molecule has 0 amide bonds. The third kappa shape index (κ3) is 5.08. The van der Waals surface area contributed by atoms with E-state index in [1.807, 2.05) is 18.2 Å². The van der Waals surface area contributed by atoms with Crippen LogP contribution in [0.25, 0.3) is 0 Å². The van der Waals surface area contributed by atoms with Crippen LogP contribution in [0.4, 0.5) is 0 Å². The first-order chi connectivity index (χ1) is 14.1. The summed E-state index contributed by atoms with van der Waals surface area (Å²) in [5.41, 5.74) is 2.29. The van der Waals surface area contributed by atoms with Gasteiger partial charge in [0.15, 0.2) is 0 Å². The molecule has 3 rings (SSSR count). The molecule has 0 fully saturated rings. The molecule has 29 heavy (non-hydrogen) atoms. The van der Waals surface area contributed by atoms with Gasteiger partial charge < -0.3 is 9.47 Å². The lowest BCUT2D eigenvalue weighted by atomic mass is 10.0. The molecule has 0 heterocycles. The maximum atomic E-state index is 12.5. The van der Waals surface area contributed by atoms with Crippen LogP contribution in [-0.4, -0.2) is 11.9 Å². The van der Waals surface area contributed by atoms with E-state index in [4.69, 9.17) is 14.7 Å². The van der Waals surface area contributed by atoms with Gasteiger partial charge in [-0.1, -0.05) is 31.5 Å². The molecule has 0 bridgehead atoms. The topological polar surface area (TPSA) is 76.4 Å². The molecule has 0 saturated heterocycles. The number of carbonyl (C=O) groups is 2. The van der Waals surface area contributed by atoms with Crippen molar-refractivity contribution in [2.75, 3.05) is 0 Å². The number of nitrogens with zero attached hydrogens (tertiary/aromatic N) is 1. The van der Waals surface area contributed by atoms with Crippen LogP contribution in [0.2, 0.25) is 0 Å². The van der Waals surface area contributed by atoms with Crippen LogP contribution >= 0.6 is 0 Å². The van der Waals surface area contributed by atoms with Gasteiger partial charge in [0.05, 0.1) is 22.8 Å². The molecule has 3 aromatic rings. The molecule has 0 spiro atoms. The first kappa shape index (κ1) is 19.8. The van der Waals surface area contributed by atoms with Crippen LogP contribution in [0.15, 0.2) is 72.8 Å². The lowest BCUT2D eigenvalue weighted by Crippen LogP contribution is -2.12. The fourth-order valence-electron chi connectivity index (χ4n) is 2.79. The number of esters is 2. The molecule has 0 aliphatic heterocycles. The number of carbonyl (C=O) groups excluding carboxylic acids is 2. The Morgan fingerprint density at radius 3 is 2.03 bits per heavy atom. The SMILES string of the molecule is CCCc1ccccc1C(=O)Oc1ccc(C(=O)Oc2ccc(C#N)cc2)cc1. The van der Waals surface area contributed by atoms with Crippen molar-refractivity contribution in [3.8, 4) is 17.6 Å². The summed E-state index contributed by atoms with van der Waals surface area (Å²) in [4.78, 5) is 24.7. The van der Waals surface area contributed by atoms with Crippen molar-refractivity contribution >= 4 is 11.9 Å². The van der Waals surface area contributed by atoms with Crippen molar-refractivity contribution in [2.24, 2.45) is 0 Å². The van der Waals surface area contributed by atoms with E-state index in [1.54, 1.807) is 48.5 Å². The van der Waals surface area contributed by atoms with E-state index in [0.29, 0.717) is 28.2 Å². The maximum Gasteiger partial charge on any atom is 0.343 e. The number of hydrogen-bond donors (Lipinski definition) is 0. The Morgan fingerprint density at radius 1 is 0.828 bits per heavy atom. The number of ether oxygens (including phenoxy) is 2. The lowest BCUT2D eigenvalue weighted by Gasteiger charge is -2.09. The van der Waals surface area contributed by atoms with E-state index >= 15 is 0 Å². The Hall–Kier alpha value is -3.91. The van der Waals surface area contributed by atoms with Crippen molar-refractivity contribution in [2.45, 2.75) is 19.8 Å². The quantitative estimate of drug-likeness (QED) is 0.443. The number of benzene rings is 3. The van der Waals surface area contributed by atoms with E-state index in [1.165, 1.54) is 12.1 Å². The summed E-state index contributed by atoms with van der Waals surface area (Å²) < 4.78 is 10.7. The molecule has 5 nitrogen and oxygen atoms in total. The summed E-state index contributed by atoms with van der Waals surface area (Å²) in [6.45, 7) is 2.05. The first-order valence-electron chi connectivity index (χ1n) is 9.23. The molecule has 5 heteroatoms. The van der Waals surface area contributed by atoms with Gasteiger partial charge in [-0.25, -0.2) is 9.59 Å². The summed E-state index contributed by atoms with van der Waals surface area (Å²) in [5, 5.41) is 8.80. The van der Waals surface area contributed by atoms with Gasteiger partial charge in [-0.15, -0.1) is 0 Å². The fraction of sp³-hybridized carbons (Fsp3) is 0.125. The number of aryl methyl sites for hydroxylation is 1. The fourth-order valence-corrected chi connectivity index (χ4v) is 2.79. The second-order valence-corrected chi connectivity index (χ2v) is 6.35. The summed E-state index contributed by atoms with van der Waals surface area (Å²) in [7, 11) is 0. The molecule has 0 radical (unpaired) electrons. The van der Waals surface area contributed by atoms with E-state index in [2.05, 4.69) is 6.92 Å². The second kappa shape index (κ2) is 9.34. The van der Waals surface area contributed by atoms with Gasteiger partial charge >= 0.3 is 11.9 Å². The molecule has 0 unspecified atom stereocenters. The number of nitriles is 1. The van der Waals surface area contributed by atoms with Crippen LogP contribution < -0.4 is 9.47 Å². The lowest BCUT2D eigenvalue weighted by molar-refractivity contribution is 0.0729. The minimum absolute atomic E-state index is 0.320. The molecule has 0 N–H and O–H groups in total. The van der Waals surface area contributed by atoms with Gasteiger partial charge in [-0.05, 0) is 66.6 Å². The summed E-state index contributed by atoms with van der Waals surface area (Å²) in [6.07, 6.45) is 1.73. The highest BCUT2D eigenvalue weighted by Gasteiger charge is 2.14. The third-order valence-corrected chi connectivity index (χ3v) is 4.25. The predicted molar refractivity (Wildman–Crippen MR) is 108 cm³/mol. The van der Waals surface area contributed by atoms with Crippen molar-refractivity contribution in [3.63, 3.8) is 0 Å². The van der Waals surface area contributed by atoms with Gasteiger partial charge in [0.2, 0.25) is 0 Å². The molecule has 3 aromatic carbocycles. The van der Waals surface area contributed by atoms with Gasteiger partial charge in [0, 0.05) is 0 Å². The van der Waals surface area contributed by atoms with Gasteiger partial charge in [0.1, 0.15) is 11.5 Å². The monoisotopic (exact) mass is 385 g/mol. The first-order valence-corrected chi connectivity index (χ1v) is 9.23. The highest BCUT2D eigenvalue weighted by molar-refractivity contribution is 5.93. The highest BCUT2D eigenvalue weighted by Crippen LogP contribution is 2.19. The van der Waals surface area contributed by atoms with Gasteiger partial charge in [-0.2, -0.15) is 5.26 Å². The zero-order chi connectivity index (χ0) is 20.6. The standard InChI is InChI=1S/C24H19NO4/c1-2-5-18-6-3-4-7-22(18)24(27)29-21-14-10-19(11-15-21)23(26)28-20-12-8-17(16-25)9-13-20/h3-4,6-15H,2,5H2,1H3. The average Bonchev–Trinajstić information content (AvgIpc) is 2.75. The average molecular weight is 385 g/mol. The summed E-state index contributed by atoms with van der Waals surface area (Å²) in [5.74, 6) is -0.281. The minimum atomic E-state index is -0.541. The zero-order valence-electron chi connectivity index (χ0n) is 15.9. The van der Waals surface area contributed by atoms with Crippen LogP contribution in [0.5, 0.6) is 11.5 Å². The Kier molecular flexibility index (Phi) is 6.39. The second-order valence-electron chi connectivity index (χ2n) is 6.35. The van der Waals surface area contributed by atoms with Gasteiger partial charge in [0.25, 0.3) is 0 Å². The van der Waals surface area contributed by atoms with E-state index < -0.39 is 11.9 Å². The minimum Gasteiger partial charge on any atom is -0.423 e. The Labute approximate surface area is 169 Å². The van der Waals surface area contributed by atoms with E-state index in [-0.39, 0.29) is 0 Å². The third-order valence-electron chi connectivity index (χ3n) is 4.25. The van der Waals surface area contributed by atoms with Crippen LogP contribution in [-0.2, 0) is 6.42 Å². The molecular formula is C24H19NO4. The van der Waals surface area contributed by atoms with Crippen LogP contribution in [0, 0.1) is 11.3 Å². The van der Waals surface area contributed by atoms with Gasteiger partial charge in [-0.3, -0.25) is 0 Å². The van der Waals surface area contributed by atoms with Crippen molar-refractivity contribution in [1.82, 2.24) is 0 Å². The smallest absolute Gasteiger partial charge is 0.343 e. The predicted octanol–water partition coefficient (Wildman–Crippen LogP) is 4.95. The molecule has 0 saturated carbocycles. The molecule has 0 aromatic heterocycles. The van der Waals surface area contributed by atoms with Crippen molar-refractivity contribution < 1.29 is 19.1 Å². The molecule has 144 valence electrons. The largest absolute Gasteiger partial charge is 0.423 e. The van der Waals surface area contributed by atoms with E-state index in [9.17, 15) is 9.59 Å². The maximum absolute atomic E-state index is 12.5. The Morgan fingerprint density at radius 2 is 1.41 bits per heavy atom. The zero-order valence-corrected chi connectivity index (χ0v) is 15.9. The Bertz CT molecular complexity index is 1050. The summed E-state index contributed by atoms with van der Waals surface area (Å²) in [6, 6.07) is 21.8. The Balaban J connectivity index is 1.66. The van der Waals surface area contributed by atoms with Crippen molar-refractivity contribution in [3.05, 3.63) is 95.1 Å². The van der Waals surface area contributed by atoms with E-state index in [0.717, 1.165) is 18.4 Å². The molecule has 0 atom stereocenters. The molecular weight excluding hydrogens is 366 g/mol. The van der Waals surface area contributed by atoms with Crippen LogP contribution in [0.1, 0.15) is 45.2 Å². The highest BCUT2D eigenvalue weighted by atomic mass is 16.5.